The standard InChI is InChI=1S/C26H31NO.C26H29N.11H2/c1-18(2)22-16-11-17-23(19(3)4)25(22)27-24(20-12-7-5-8-13-20)26(28)21-14-9-6-10-15-21;1-18(2)22-16-11-17-23(19(3)4)26(22)27-24(20-12-7-5-8-13-20)25(27)21-14-9-6-10-15-21;;;;;;;;;;;/h5-19,24,26-28H,1-4H3;5-19,24-25H,1-4H3;11*1H/t24-,26-;24-,25+,27?;;;;;;;;;;;/m1............/s1. The number of nitrogens with zero attached hydrogens (tertiary/aromatic N) is 1. The summed E-state index contributed by atoms with van der Waals surface area (Å²) in [4.78, 5) is 2.65. The van der Waals surface area contributed by atoms with Gasteiger partial charge in [-0.25, -0.2) is 0 Å². The average Bonchev–Trinajstić information content (AvgIpc) is 3.96. The Morgan fingerprint density at radius 3 is 1.16 bits per heavy atom. The number of para-hydroxylation sites is 2. The second kappa shape index (κ2) is 18.0. The van der Waals surface area contributed by atoms with Gasteiger partial charge in [-0.1, -0.05) is 213 Å². The number of hydrogen-bond acceptors (Lipinski definition) is 3. The monoisotopic (exact) mass is 751 g/mol. The maximum absolute atomic E-state index is 11.3. The number of hydrogen-bond donors (Lipinski definition) is 2. The molecule has 0 aromatic heterocycles. The van der Waals surface area contributed by atoms with Crippen LogP contribution in [0.3, 0.4) is 0 Å². The normalized spacial score (nSPS) is 16.2. The minimum atomic E-state index is -0.649. The van der Waals surface area contributed by atoms with Crippen LogP contribution >= 0.6 is 0 Å². The van der Waals surface area contributed by atoms with Gasteiger partial charge in [0.15, 0.2) is 0 Å². The van der Waals surface area contributed by atoms with E-state index in [9.17, 15) is 5.11 Å². The SMILES string of the molecule is CC(C)c1cccc(C(C)C)c1N1[C@H](c2ccccc2)[C@@H]1c1ccccc1.CC(C)c1cccc(C(C)C)c1N[C@H](c1ccccc1)[C@H](O)c1ccccc1.[HH].[HH].[HH].[HH].[HH].[HH].[HH].[HH].[HH].[HH].[HH]. The van der Waals surface area contributed by atoms with Gasteiger partial charge in [-0.15, -0.1) is 0 Å². The Bertz CT molecular complexity index is 2020. The van der Waals surface area contributed by atoms with Crippen LogP contribution in [0.25, 0.3) is 0 Å². The predicted octanol–water partition coefficient (Wildman–Crippen LogP) is 16.8. The topological polar surface area (TPSA) is 35.3 Å². The van der Waals surface area contributed by atoms with Gasteiger partial charge in [-0.2, -0.15) is 0 Å². The van der Waals surface area contributed by atoms with E-state index in [0.717, 1.165) is 16.8 Å². The van der Waals surface area contributed by atoms with Gasteiger partial charge in [-0.05, 0) is 68.2 Å². The number of rotatable bonds is 12. The zero-order chi connectivity index (χ0) is 39.1. The number of nitrogens with one attached hydrogen (secondary N) is 1. The van der Waals surface area contributed by atoms with Crippen molar-refractivity contribution in [1.29, 1.82) is 0 Å². The van der Waals surface area contributed by atoms with Gasteiger partial charge in [0.05, 0.1) is 18.1 Å². The molecule has 0 amide bonds. The number of aliphatic hydroxyl groups excluding tert-OH is 1. The third-order valence-corrected chi connectivity index (χ3v) is 11.0. The third kappa shape index (κ3) is 9.06. The van der Waals surface area contributed by atoms with Crippen molar-refractivity contribution in [2.75, 3.05) is 10.2 Å². The molecule has 2 N–H and O–H groups in total. The molecule has 0 spiro atoms. The van der Waals surface area contributed by atoms with Crippen LogP contribution in [-0.4, -0.2) is 5.11 Å². The lowest BCUT2D eigenvalue weighted by atomic mass is 9.90. The fraction of sp³-hybridized carbons (Fsp3) is 0.308. The predicted molar refractivity (Wildman–Crippen MR) is 258 cm³/mol. The summed E-state index contributed by atoms with van der Waals surface area (Å²) >= 11 is 0. The molecule has 3 nitrogen and oxygen atoms in total. The zero-order valence-corrected chi connectivity index (χ0v) is 34.0. The van der Waals surface area contributed by atoms with Crippen molar-refractivity contribution in [1.82, 2.24) is 0 Å². The van der Waals surface area contributed by atoms with E-state index in [1.807, 2.05) is 48.5 Å². The molecule has 0 radical (unpaired) electrons. The van der Waals surface area contributed by atoms with Crippen molar-refractivity contribution in [2.24, 2.45) is 0 Å². The van der Waals surface area contributed by atoms with Crippen molar-refractivity contribution in [3.63, 3.8) is 0 Å². The molecule has 0 unspecified atom stereocenters. The van der Waals surface area contributed by atoms with Crippen molar-refractivity contribution >= 4 is 11.4 Å². The molecule has 0 saturated carbocycles. The summed E-state index contributed by atoms with van der Waals surface area (Å²) in [5.41, 5.74) is 12.9. The molecule has 1 heterocycles. The third-order valence-electron chi connectivity index (χ3n) is 11.0. The number of anilines is 2. The summed E-state index contributed by atoms with van der Waals surface area (Å²) in [7, 11) is 0. The summed E-state index contributed by atoms with van der Waals surface area (Å²) in [6.45, 7) is 18.1. The van der Waals surface area contributed by atoms with Crippen LogP contribution in [0.5, 0.6) is 0 Å². The van der Waals surface area contributed by atoms with E-state index in [1.54, 1.807) is 0 Å². The quantitative estimate of drug-likeness (QED) is 0.122. The Hall–Kier alpha value is -5.12. The van der Waals surface area contributed by atoms with Crippen LogP contribution in [0.4, 0.5) is 11.4 Å². The highest BCUT2D eigenvalue weighted by Gasteiger charge is 2.51. The molecule has 1 fully saturated rings. The molecular formula is C52H82N2O. The molecular weight excluding hydrogens is 669 g/mol. The molecule has 3 heteroatoms. The van der Waals surface area contributed by atoms with Crippen molar-refractivity contribution in [2.45, 2.75) is 103 Å². The second-order valence-corrected chi connectivity index (χ2v) is 16.2. The molecule has 7 rings (SSSR count). The highest BCUT2D eigenvalue weighted by Crippen LogP contribution is 2.59. The highest BCUT2D eigenvalue weighted by molar-refractivity contribution is 5.70. The average molecular weight is 751 g/mol. The molecule has 306 valence electrons. The summed E-state index contributed by atoms with van der Waals surface area (Å²) in [5, 5.41) is 15.0. The summed E-state index contributed by atoms with van der Waals surface area (Å²) < 4.78 is 0. The molecule has 55 heavy (non-hydrogen) atoms. The van der Waals surface area contributed by atoms with E-state index >= 15 is 0 Å². The van der Waals surface area contributed by atoms with Gasteiger partial charge in [0, 0.05) is 27.1 Å². The highest BCUT2D eigenvalue weighted by atomic mass is 16.3. The molecule has 1 aliphatic heterocycles. The van der Waals surface area contributed by atoms with Crippen LogP contribution in [0.2, 0.25) is 0 Å². The Morgan fingerprint density at radius 2 is 0.782 bits per heavy atom. The van der Waals surface area contributed by atoms with Gasteiger partial charge in [-0.3, -0.25) is 0 Å². The van der Waals surface area contributed by atoms with Crippen LogP contribution in [0.15, 0.2) is 158 Å². The molecule has 0 bridgehead atoms. The van der Waals surface area contributed by atoms with Crippen LogP contribution < -0.4 is 10.2 Å². The van der Waals surface area contributed by atoms with Gasteiger partial charge in [0.25, 0.3) is 0 Å². The minimum Gasteiger partial charge on any atom is -0.386 e. The van der Waals surface area contributed by atoms with E-state index in [2.05, 4.69) is 175 Å². The minimum absolute atomic E-state index is 0. The van der Waals surface area contributed by atoms with Crippen molar-refractivity contribution < 1.29 is 20.8 Å². The molecule has 1 aliphatic rings. The van der Waals surface area contributed by atoms with E-state index in [1.165, 1.54) is 39.1 Å². The van der Waals surface area contributed by atoms with Gasteiger partial charge < -0.3 is 15.3 Å². The van der Waals surface area contributed by atoms with Crippen molar-refractivity contribution in [3.05, 3.63) is 202 Å². The number of aliphatic hydroxyl groups is 1. The lowest BCUT2D eigenvalue weighted by Gasteiger charge is -2.30. The molecule has 4 atom stereocenters. The fourth-order valence-corrected chi connectivity index (χ4v) is 8.03. The zero-order valence-electron chi connectivity index (χ0n) is 34.0. The molecule has 0 aliphatic carbocycles. The first kappa shape index (κ1) is 39.6. The first-order chi connectivity index (χ1) is 26.6. The number of benzene rings is 6. The fourth-order valence-electron chi connectivity index (χ4n) is 8.03. The molecule has 6 aromatic carbocycles. The molecule has 1 saturated heterocycles. The van der Waals surface area contributed by atoms with E-state index in [-0.39, 0.29) is 21.7 Å². The smallest absolute Gasteiger partial charge is 0.103 e. The van der Waals surface area contributed by atoms with Crippen molar-refractivity contribution in [3.8, 4) is 0 Å². The summed E-state index contributed by atoms with van der Waals surface area (Å²) in [5.74, 6) is 1.80. The lowest BCUT2D eigenvalue weighted by molar-refractivity contribution is 0.155. The van der Waals surface area contributed by atoms with Gasteiger partial charge >= 0.3 is 0 Å². The Morgan fingerprint density at radius 1 is 0.436 bits per heavy atom. The lowest BCUT2D eigenvalue weighted by Crippen LogP contribution is -2.21. The van der Waals surface area contributed by atoms with Crippen LogP contribution in [0, 0.1) is 0 Å². The first-order valence-corrected chi connectivity index (χ1v) is 20.3. The Labute approximate surface area is 347 Å². The van der Waals surface area contributed by atoms with E-state index in [0.29, 0.717) is 35.8 Å². The first-order valence-electron chi connectivity index (χ1n) is 20.3. The van der Waals surface area contributed by atoms with Gasteiger partial charge in [0.2, 0.25) is 0 Å². The maximum atomic E-state index is 11.3. The van der Waals surface area contributed by atoms with E-state index < -0.39 is 6.10 Å². The van der Waals surface area contributed by atoms with E-state index in [4.69, 9.17) is 0 Å². The van der Waals surface area contributed by atoms with Crippen LogP contribution in [0.1, 0.15) is 163 Å². The molecule has 6 aromatic rings. The van der Waals surface area contributed by atoms with Crippen LogP contribution in [-0.2, 0) is 0 Å². The Balaban J connectivity index is -0.000000234. The second-order valence-electron chi connectivity index (χ2n) is 16.2. The summed E-state index contributed by atoms with van der Waals surface area (Å²) in [6.07, 6.45) is -0.649. The Kier molecular flexibility index (Phi) is 13.0. The summed E-state index contributed by atoms with van der Waals surface area (Å²) in [6, 6.07) is 56.0. The van der Waals surface area contributed by atoms with Gasteiger partial charge in [0.1, 0.15) is 6.10 Å². The maximum Gasteiger partial charge on any atom is 0.103 e. The largest absolute Gasteiger partial charge is 0.386 e.